The van der Waals surface area contributed by atoms with Crippen molar-refractivity contribution in [3.8, 4) is 0 Å². The number of rotatable bonds is 5. The van der Waals surface area contributed by atoms with E-state index in [4.69, 9.17) is 0 Å². The molecule has 5 nitrogen and oxygen atoms in total. The van der Waals surface area contributed by atoms with Crippen LogP contribution in [0.5, 0.6) is 0 Å². The Morgan fingerprint density at radius 3 is 2.54 bits per heavy atom. The van der Waals surface area contributed by atoms with Gasteiger partial charge in [0, 0.05) is 43.5 Å². The normalized spacial score (nSPS) is 26.8. The molecule has 0 unspecified atom stereocenters. The number of likely N-dealkylation sites (N-methyl/N-ethyl adjacent to an activating group) is 1. The molecule has 0 spiro atoms. The summed E-state index contributed by atoms with van der Waals surface area (Å²) in [5.74, 6) is 1.59. The van der Waals surface area contributed by atoms with Crippen LogP contribution in [0.4, 0.5) is 0 Å². The molecule has 1 saturated heterocycles. The molecule has 1 saturated carbocycles. The molecule has 0 radical (unpaired) electrons. The van der Waals surface area contributed by atoms with Crippen molar-refractivity contribution in [1.82, 2.24) is 19.8 Å². The van der Waals surface area contributed by atoms with Gasteiger partial charge in [0.2, 0.25) is 0 Å². The second-order valence-electron chi connectivity index (χ2n) is 8.06. The Balaban J connectivity index is 1.57. The van der Waals surface area contributed by atoms with Crippen molar-refractivity contribution < 1.29 is 5.11 Å². The maximum Gasteiger partial charge on any atom is 0.131 e. The van der Waals surface area contributed by atoms with E-state index in [1.54, 1.807) is 0 Å². The summed E-state index contributed by atoms with van der Waals surface area (Å²) in [6.07, 6.45) is 12.4. The van der Waals surface area contributed by atoms with E-state index in [-0.39, 0.29) is 0 Å². The van der Waals surface area contributed by atoms with Crippen LogP contribution in [0.3, 0.4) is 0 Å². The number of likely N-dealkylation sites (tertiary alicyclic amines) is 1. The Labute approximate surface area is 146 Å². The standard InChI is InChI=1S/C19H32N4O/c1-22(2)14-19(24)9-6-10-23(15-19)13-16-11-20-18(21-12-16)17-7-4-3-5-8-17/h11-12,17,24H,3-10,13-15H2,1-2H3/t19-/m0/s1. The van der Waals surface area contributed by atoms with Crippen LogP contribution in [-0.2, 0) is 6.54 Å². The fraction of sp³-hybridized carbons (Fsp3) is 0.789. The van der Waals surface area contributed by atoms with Gasteiger partial charge in [0.05, 0.1) is 5.60 Å². The minimum atomic E-state index is -0.593. The zero-order chi connectivity index (χ0) is 17.0. The molecule has 2 fully saturated rings. The van der Waals surface area contributed by atoms with E-state index in [2.05, 4.69) is 19.8 Å². The average Bonchev–Trinajstić information content (AvgIpc) is 2.55. The van der Waals surface area contributed by atoms with Gasteiger partial charge in [-0.15, -0.1) is 0 Å². The van der Waals surface area contributed by atoms with E-state index in [1.165, 1.54) is 32.1 Å². The number of aromatic nitrogens is 2. The molecule has 1 aliphatic carbocycles. The minimum Gasteiger partial charge on any atom is -0.387 e. The van der Waals surface area contributed by atoms with Gasteiger partial charge in [0.1, 0.15) is 5.82 Å². The predicted octanol–water partition coefficient (Wildman–Crippen LogP) is 2.41. The summed E-state index contributed by atoms with van der Waals surface area (Å²) in [5, 5.41) is 10.8. The van der Waals surface area contributed by atoms with Crippen molar-refractivity contribution in [3.05, 3.63) is 23.8 Å². The van der Waals surface area contributed by atoms with E-state index in [1.807, 2.05) is 26.5 Å². The highest BCUT2D eigenvalue weighted by atomic mass is 16.3. The average molecular weight is 332 g/mol. The summed E-state index contributed by atoms with van der Waals surface area (Å²) in [4.78, 5) is 13.7. The van der Waals surface area contributed by atoms with Crippen molar-refractivity contribution in [2.24, 2.45) is 0 Å². The van der Waals surface area contributed by atoms with Crippen LogP contribution in [0.15, 0.2) is 12.4 Å². The smallest absolute Gasteiger partial charge is 0.131 e. The molecule has 5 heteroatoms. The van der Waals surface area contributed by atoms with Crippen LogP contribution in [-0.4, -0.2) is 64.2 Å². The fourth-order valence-electron chi connectivity index (χ4n) is 4.33. The van der Waals surface area contributed by atoms with E-state index in [9.17, 15) is 5.11 Å². The van der Waals surface area contributed by atoms with Gasteiger partial charge in [-0.2, -0.15) is 0 Å². The molecule has 1 aliphatic heterocycles. The summed E-state index contributed by atoms with van der Waals surface area (Å²) in [5.41, 5.74) is 0.564. The molecule has 1 atom stereocenters. The first kappa shape index (κ1) is 17.8. The molecule has 2 heterocycles. The van der Waals surface area contributed by atoms with Crippen molar-refractivity contribution in [2.75, 3.05) is 33.7 Å². The summed E-state index contributed by atoms with van der Waals surface area (Å²) >= 11 is 0. The Kier molecular flexibility index (Phi) is 5.85. The molecule has 0 aromatic carbocycles. The third kappa shape index (κ3) is 4.74. The van der Waals surface area contributed by atoms with Gasteiger partial charge in [-0.1, -0.05) is 19.3 Å². The lowest BCUT2D eigenvalue weighted by molar-refractivity contribution is -0.0480. The number of aliphatic hydroxyl groups is 1. The third-order valence-electron chi connectivity index (χ3n) is 5.35. The molecular weight excluding hydrogens is 300 g/mol. The lowest BCUT2D eigenvalue weighted by Gasteiger charge is -2.40. The molecule has 2 aliphatic rings. The van der Waals surface area contributed by atoms with Gasteiger partial charge in [-0.3, -0.25) is 4.90 Å². The summed E-state index contributed by atoms with van der Waals surface area (Å²) in [7, 11) is 4.05. The van der Waals surface area contributed by atoms with Gasteiger partial charge in [0.25, 0.3) is 0 Å². The fourth-order valence-corrected chi connectivity index (χ4v) is 4.33. The first-order valence-electron chi connectivity index (χ1n) is 9.44. The molecule has 24 heavy (non-hydrogen) atoms. The maximum atomic E-state index is 10.8. The lowest BCUT2D eigenvalue weighted by Crippen LogP contribution is -2.52. The number of piperidine rings is 1. The topological polar surface area (TPSA) is 52.5 Å². The highest BCUT2D eigenvalue weighted by molar-refractivity contribution is 5.08. The van der Waals surface area contributed by atoms with Gasteiger partial charge < -0.3 is 10.0 Å². The van der Waals surface area contributed by atoms with E-state index in [0.717, 1.165) is 50.4 Å². The van der Waals surface area contributed by atoms with Gasteiger partial charge in [-0.05, 0) is 46.3 Å². The molecule has 0 amide bonds. The second kappa shape index (κ2) is 7.89. The van der Waals surface area contributed by atoms with Crippen LogP contribution in [0, 0.1) is 0 Å². The quantitative estimate of drug-likeness (QED) is 0.897. The van der Waals surface area contributed by atoms with E-state index >= 15 is 0 Å². The molecule has 134 valence electrons. The number of nitrogens with zero attached hydrogens (tertiary/aromatic N) is 4. The largest absolute Gasteiger partial charge is 0.387 e. The Hall–Kier alpha value is -1.04. The zero-order valence-corrected chi connectivity index (χ0v) is 15.2. The summed E-state index contributed by atoms with van der Waals surface area (Å²) in [6, 6.07) is 0. The maximum absolute atomic E-state index is 10.8. The minimum absolute atomic E-state index is 0.563. The molecule has 1 aromatic rings. The van der Waals surface area contributed by atoms with Crippen LogP contribution >= 0.6 is 0 Å². The second-order valence-corrected chi connectivity index (χ2v) is 8.06. The summed E-state index contributed by atoms with van der Waals surface area (Å²) in [6.45, 7) is 3.33. The van der Waals surface area contributed by atoms with Crippen molar-refractivity contribution in [1.29, 1.82) is 0 Å². The first-order chi connectivity index (χ1) is 11.5. The van der Waals surface area contributed by atoms with Crippen LogP contribution in [0.1, 0.15) is 62.3 Å². The van der Waals surface area contributed by atoms with Crippen molar-refractivity contribution >= 4 is 0 Å². The molecule has 1 N–H and O–H groups in total. The van der Waals surface area contributed by atoms with Gasteiger partial charge in [-0.25, -0.2) is 9.97 Å². The molecule has 0 bridgehead atoms. The Bertz CT molecular complexity index is 513. The molecule has 1 aromatic heterocycles. The Morgan fingerprint density at radius 2 is 1.88 bits per heavy atom. The summed E-state index contributed by atoms with van der Waals surface area (Å²) < 4.78 is 0. The number of hydrogen-bond acceptors (Lipinski definition) is 5. The number of hydrogen-bond donors (Lipinski definition) is 1. The van der Waals surface area contributed by atoms with Crippen LogP contribution in [0.25, 0.3) is 0 Å². The monoisotopic (exact) mass is 332 g/mol. The molecular formula is C19H32N4O. The van der Waals surface area contributed by atoms with Gasteiger partial charge >= 0.3 is 0 Å². The van der Waals surface area contributed by atoms with Crippen molar-refractivity contribution in [3.63, 3.8) is 0 Å². The lowest BCUT2D eigenvalue weighted by atomic mass is 9.89. The van der Waals surface area contributed by atoms with Gasteiger partial charge in [0.15, 0.2) is 0 Å². The number of β-amino-alcohol motifs (C(OH)–C–C–N with tert-alkyl or cyclic N) is 1. The third-order valence-corrected chi connectivity index (χ3v) is 5.35. The van der Waals surface area contributed by atoms with Crippen LogP contribution < -0.4 is 0 Å². The van der Waals surface area contributed by atoms with Crippen molar-refractivity contribution in [2.45, 2.75) is 63.0 Å². The first-order valence-corrected chi connectivity index (χ1v) is 9.44. The molecule has 3 rings (SSSR count). The van der Waals surface area contributed by atoms with E-state index in [0.29, 0.717) is 5.92 Å². The van der Waals surface area contributed by atoms with E-state index < -0.39 is 5.60 Å². The highest BCUT2D eigenvalue weighted by Gasteiger charge is 2.33. The highest BCUT2D eigenvalue weighted by Crippen LogP contribution is 2.30. The Morgan fingerprint density at radius 1 is 1.17 bits per heavy atom. The zero-order valence-electron chi connectivity index (χ0n) is 15.2. The predicted molar refractivity (Wildman–Crippen MR) is 95.9 cm³/mol. The SMILES string of the molecule is CN(C)C[C@@]1(O)CCCN(Cc2cnc(C3CCCCC3)nc2)C1. The van der Waals surface area contributed by atoms with Crippen LogP contribution in [0.2, 0.25) is 0 Å².